The Hall–Kier alpha value is -1.91. The maximum Gasteiger partial charge on any atom is 0.227 e. The number of carbonyl (C=O) groups excluding carboxylic acids is 1. The van der Waals surface area contributed by atoms with E-state index in [0.29, 0.717) is 6.73 Å². The van der Waals surface area contributed by atoms with Crippen molar-refractivity contribution >= 4 is 14.0 Å². The minimum atomic E-state index is -1.10. The molecule has 0 unspecified atom stereocenters. The Bertz CT molecular complexity index is 767. The standard InChI is InChI=1S/C24H33NO2Si/c1-19-16-23(25(24(19)26)18-27-14-15-28(2,3)4)17-20-10-12-22(13-11-20)21-8-6-5-7-9-21/h5-13,19,23H,14-18H2,1-4H3/t19-,23-/m0/s1. The Morgan fingerprint density at radius 1 is 1.00 bits per heavy atom. The van der Waals surface area contributed by atoms with Crippen LogP contribution in [-0.2, 0) is 16.0 Å². The van der Waals surface area contributed by atoms with Gasteiger partial charge in [-0.05, 0) is 35.6 Å². The first-order valence-corrected chi connectivity index (χ1v) is 14.1. The van der Waals surface area contributed by atoms with Crippen LogP contribution in [0.2, 0.25) is 25.7 Å². The molecule has 1 amide bonds. The minimum absolute atomic E-state index is 0.0918. The molecule has 1 aliphatic rings. The van der Waals surface area contributed by atoms with Gasteiger partial charge in [-0.2, -0.15) is 0 Å². The van der Waals surface area contributed by atoms with Crippen LogP contribution in [0.1, 0.15) is 18.9 Å². The second-order valence-corrected chi connectivity index (χ2v) is 14.8. The van der Waals surface area contributed by atoms with Gasteiger partial charge in [0.05, 0.1) is 0 Å². The van der Waals surface area contributed by atoms with Crippen LogP contribution in [0, 0.1) is 5.92 Å². The fourth-order valence-corrected chi connectivity index (χ4v) is 4.50. The average Bonchev–Trinajstić information content (AvgIpc) is 2.93. The summed E-state index contributed by atoms with van der Waals surface area (Å²) < 4.78 is 5.90. The van der Waals surface area contributed by atoms with Gasteiger partial charge in [-0.1, -0.05) is 81.2 Å². The number of benzene rings is 2. The maximum absolute atomic E-state index is 12.6. The van der Waals surface area contributed by atoms with E-state index in [1.807, 2.05) is 17.9 Å². The molecule has 2 aromatic rings. The fraction of sp³-hybridized carbons (Fsp3) is 0.458. The Morgan fingerprint density at radius 3 is 2.29 bits per heavy atom. The van der Waals surface area contributed by atoms with E-state index in [1.165, 1.54) is 16.7 Å². The zero-order valence-electron chi connectivity index (χ0n) is 17.7. The van der Waals surface area contributed by atoms with Gasteiger partial charge in [0.1, 0.15) is 6.73 Å². The van der Waals surface area contributed by atoms with Crippen molar-refractivity contribution in [3.05, 3.63) is 60.2 Å². The topological polar surface area (TPSA) is 29.5 Å². The summed E-state index contributed by atoms with van der Waals surface area (Å²) in [4.78, 5) is 14.5. The molecule has 4 heteroatoms. The first-order valence-electron chi connectivity index (χ1n) is 10.4. The molecule has 0 saturated carbocycles. The van der Waals surface area contributed by atoms with Crippen molar-refractivity contribution in [3.63, 3.8) is 0 Å². The number of likely N-dealkylation sites (tertiary alicyclic amines) is 1. The molecule has 0 N–H and O–H groups in total. The van der Waals surface area contributed by atoms with Crippen LogP contribution >= 0.6 is 0 Å². The van der Waals surface area contributed by atoms with Crippen LogP contribution in [0.4, 0.5) is 0 Å². The normalized spacial score (nSPS) is 20.0. The van der Waals surface area contributed by atoms with E-state index in [2.05, 4.69) is 68.2 Å². The second kappa shape index (κ2) is 9.06. The van der Waals surface area contributed by atoms with Crippen molar-refractivity contribution in [1.29, 1.82) is 0 Å². The van der Waals surface area contributed by atoms with Crippen molar-refractivity contribution in [1.82, 2.24) is 4.90 Å². The van der Waals surface area contributed by atoms with E-state index < -0.39 is 8.07 Å². The molecule has 150 valence electrons. The van der Waals surface area contributed by atoms with Crippen molar-refractivity contribution in [2.75, 3.05) is 13.3 Å². The zero-order chi connectivity index (χ0) is 20.1. The molecule has 0 radical (unpaired) electrons. The average molecular weight is 396 g/mol. The largest absolute Gasteiger partial charge is 0.361 e. The van der Waals surface area contributed by atoms with Crippen molar-refractivity contribution in [2.45, 2.75) is 51.5 Å². The van der Waals surface area contributed by atoms with E-state index >= 15 is 0 Å². The van der Waals surface area contributed by atoms with Gasteiger partial charge < -0.3 is 9.64 Å². The summed E-state index contributed by atoms with van der Waals surface area (Å²) >= 11 is 0. The summed E-state index contributed by atoms with van der Waals surface area (Å²) in [5.74, 6) is 0.327. The van der Waals surface area contributed by atoms with Crippen molar-refractivity contribution < 1.29 is 9.53 Å². The van der Waals surface area contributed by atoms with Crippen LogP contribution < -0.4 is 0 Å². The molecule has 3 nitrogen and oxygen atoms in total. The molecular weight excluding hydrogens is 362 g/mol. The number of hydrogen-bond acceptors (Lipinski definition) is 2. The monoisotopic (exact) mass is 395 g/mol. The third-order valence-corrected chi connectivity index (χ3v) is 7.23. The van der Waals surface area contributed by atoms with Gasteiger partial charge >= 0.3 is 0 Å². The lowest BCUT2D eigenvalue weighted by molar-refractivity contribution is -0.136. The summed E-state index contributed by atoms with van der Waals surface area (Å²) in [6.07, 6.45) is 1.80. The number of nitrogens with zero attached hydrogens (tertiary/aromatic N) is 1. The van der Waals surface area contributed by atoms with Gasteiger partial charge in [0.15, 0.2) is 0 Å². The van der Waals surface area contributed by atoms with Crippen LogP contribution in [0.25, 0.3) is 11.1 Å². The quantitative estimate of drug-likeness (QED) is 0.440. The van der Waals surface area contributed by atoms with E-state index in [-0.39, 0.29) is 17.9 Å². The van der Waals surface area contributed by atoms with Crippen LogP contribution in [0.15, 0.2) is 54.6 Å². The molecule has 1 aliphatic heterocycles. The molecule has 2 atom stereocenters. The lowest BCUT2D eigenvalue weighted by Crippen LogP contribution is -2.37. The number of ether oxygens (including phenoxy) is 1. The molecule has 1 heterocycles. The SMILES string of the molecule is C[C@H]1C[C@@H](Cc2ccc(-c3ccccc3)cc2)N(COCC[Si](C)(C)C)C1=O. The van der Waals surface area contributed by atoms with Crippen LogP contribution in [-0.4, -0.2) is 38.3 Å². The summed E-state index contributed by atoms with van der Waals surface area (Å²) in [5, 5.41) is 0. The van der Waals surface area contributed by atoms with Gasteiger partial charge in [0, 0.05) is 26.6 Å². The van der Waals surface area contributed by atoms with Gasteiger partial charge in [-0.3, -0.25) is 4.79 Å². The Balaban J connectivity index is 1.60. The molecule has 0 aromatic heterocycles. The first-order chi connectivity index (χ1) is 13.3. The van der Waals surface area contributed by atoms with Gasteiger partial charge in [-0.25, -0.2) is 0 Å². The van der Waals surface area contributed by atoms with Crippen molar-refractivity contribution in [3.8, 4) is 11.1 Å². The first kappa shape index (κ1) is 20.8. The number of carbonyl (C=O) groups is 1. The molecular formula is C24H33NO2Si. The molecule has 1 saturated heterocycles. The zero-order valence-corrected chi connectivity index (χ0v) is 18.7. The molecule has 2 aromatic carbocycles. The number of hydrogen-bond donors (Lipinski definition) is 0. The number of amides is 1. The Kier molecular flexibility index (Phi) is 6.73. The summed E-state index contributed by atoms with van der Waals surface area (Å²) in [5.41, 5.74) is 3.74. The van der Waals surface area contributed by atoms with E-state index in [4.69, 9.17) is 4.74 Å². The van der Waals surface area contributed by atoms with Gasteiger partial charge in [-0.15, -0.1) is 0 Å². The number of rotatable bonds is 8. The highest BCUT2D eigenvalue weighted by atomic mass is 28.3. The lowest BCUT2D eigenvalue weighted by atomic mass is 9.98. The Labute approximate surface area is 170 Å². The van der Waals surface area contributed by atoms with Crippen molar-refractivity contribution in [2.24, 2.45) is 5.92 Å². The highest BCUT2D eigenvalue weighted by Crippen LogP contribution is 2.28. The summed E-state index contributed by atoms with van der Waals surface area (Å²) in [7, 11) is -1.10. The second-order valence-electron chi connectivity index (χ2n) is 9.21. The van der Waals surface area contributed by atoms with Crippen LogP contribution in [0.5, 0.6) is 0 Å². The summed E-state index contributed by atoms with van der Waals surface area (Å²) in [6.45, 7) is 10.3. The van der Waals surface area contributed by atoms with E-state index in [1.54, 1.807) is 0 Å². The molecule has 0 bridgehead atoms. The molecule has 0 spiro atoms. The lowest BCUT2D eigenvalue weighted by Gasteiger charge is -2.25. The van der Waals surface area contributed by atoms with E-state index in [9.17, 15) is 4.79 Å². The molecule has 28 heavy (non-hydrogen) atoms. The highest BCUT2D eigenvalue weighted by Gasteiger charge is 2.36. The predicted molar refractivity (Wildman–Crippen MR) is 119 cm³/mol. The maximum atomic E-state index is 12.6. The fourth-order valence-electron chi connectivity index (χ4n) is 3.74. The van der Waals surface area contributed by atoms with Crippen LogP contribution in [0.3, 0.4) is 0 Å². The predicted octanol–water partition coefficient (Wildman–Crippen LogP) is 5.45. The summed E-state index contributed by atoms with van der Waals surface area (Å²) in [6, 6.07) is 20.5. The smallest absolute Gasteiger partial charge is 0.227 e. The molecule has 0 aliphatic carbocycles. The highest BCUT2D eigenvalue weighted by molar-refractivity contribution is 6.76. The van der Waals surface area contributed by atoms with Gasteiger partial charge in [0.2, 0.25) is 5.91 Å². The van der Waals surface area contributed by atoms with E-state index in [0.717, 1.165) is 25.5 Å². The molecule has 3 rings (SSSR count). The minimum Gasteiger partial charge on any atom is -0.361 e. The third-order valence-electron chi connectivity index (χ3n) is 5.53. The van der Waals surface area contributed by atoms with Gasteiger partial charge in [0.25, 0.3) is 0 Å². The molecule has 1 fully saturated rings. The third kappa shape index (κ3) is 5.55. The Morgan fingerprint density at radius 2 is 1.64 bits per heavy atom.